The molecule has 1 heterocycles. The van der Waals surface area contributed by atoms with Crippen LogP contribution in [0.5, 0.6) is 23.0 Å². The van der Waals surface area contributed by atoms with Crippen molar-refractivity contribution in [1.29, 1.82) is 0 Å². The molecule has 178 valence electrons. The zero-order valence-electron chi connectivity index (χ0n) is 17.6. The number of para-hydroxylation sites is 2. The van der Waals surface area contributed by atoms with Gasteiger partial charge in [0, 0.05) is 26.2 Å². The zero-order chi connectivity index (χ0) is 21.7. The fourth-order valence-electron chi connectivity index (χ4n) is 3.64. The summed E-state index contributed by atoms with van der Waals surface area (Å²) in [5, 5.41) is 3.10. The van der Waals surface area contributed by atoms with E-state index in [2.05, 4.69) is 5.32 Å². The second kappa shape index (κ2) is 12.1. The van der Waals surface area contributed by atoms with Gasteiger partial charge in [-0.3, -0.25) is 4.90 Å². The van der Waals surface area contributed by atoms with Crippen LogP contribution < -0.4 is 14.8 Å². The van der Waals surface area contributed by atoms with E-state index in [1.807, 2.05) is 24.3 Å². The van der Waals surface area contributed by atoms with Gasteiger partial charge in [-0.2, -0.15) is 13.2 Å². The van der Waals surface area contributed by atoms with Crippen LogP contribution in [0, 0.1) is 0 Å². The van der Waals surface area contributed by atoms with Gasteiger partial charge in [0.25, 0.3) is 0 Å². The Labute approximate surface area is 203 Å². The zero-order valence-corrected chi connectivity index (χ0v) is 19.3. The third-order valence-electron chi connectivity index (χ3n) is 5.05. The molecule has 3 aromatic rings. The number of alkyl halides is 3. The second-order valence-corrected chi connectivity index (χ2v) is 7.27. The summed E-state index contributed by atoms with van der Waals surface area (Å²) < 4.78 is 54.1. The van der Waals surface area contributed by atoms with Gasteiger partial charge in [0.2, 0.25) is 0 Å². The lowest BCUT2D eigenvalue weighted by Crippen LogP contribution is -2.49. The van der Waals surface area contributed by atoms with Crippen molar-refractivity contribution < 1.29 is 22.6 Å². The minimum atomic E-state index is -4.41. The molecule has 33 heavy (non-hydrogen) atoms. The molecule has 0 aliphatic carbocycles. The number of nitrogens with one attached hydrogen (secondary N) is 1. The predicted octanol–water partition coefficient (Wildman–Crippen LogP) is 6.62. The molecule has 1 aliphatic rings. The molecule has 9 heteroatoms. The van der Waals surface area contributed by atoms with E-state index in [0.717, 1.165) is 0 Å². The van der Waals surface area contributed by atoms with E-state index in [1.165, 1.54) is 17.0 Å². The minimum absolute atomic E-state index is 0. The van der Waals surface area contributed by atoms with Crippen LogP contribution in [0.15, 0.2) is 78.9 Å². The maximum absolute atomic E-state index is 14.1. The maximum Gasteiger partial charge on any atom is 0.408 e. The van der Waals surface area contributed by atoms with Gasteiger partial charge in [0.05, 0.1) is 0 Å². The quantitative estimate of drug-likeness (QED) is 0.412. The van der Waals surface area contributed by atoms with Crippen LogP contribution in [0.3, 0.4) is 0 Å². The van der Waals surface area contributed by atoms with Crippen LogP contribution in [-0.4, -0.2) is 37.3 Å². The van der Waals surface area contributed by atoms with Gasteiger partial charge >= 0.3 is 6.18 Å². The molecule has 1 N–H and O–H groups in total. The first-order valence-corrected chi connectivity index (χ1v) is 10.1. The van der Waals surface area contributed by atoms with Crippen molar-refractivity contribution in [2.24, 2.45) is 0 Å². The number of halogens is 5. The monoisotopic (exact) mass is 500 g/mol. The standard InChI is InChI=1S/C24H23F3N2O2.2ClH/c25-24(26,27)23(29-15-13-28-14-16-29)18-11-12-21(30-19-7-3-1-4-8-19)22(17-18)31-20-9-5-2-6-10-20;;/h1-12,17,23,28H,13-16H2;2*1H/t23-;;/m0../s1. The summed E-state index contributed by atoms with van der Waals surface area (Å²) in [6, 6.07) is 20.7. The van der Waals surface area contributed by atoms with E-state index in [-0.39, 0.29) is 36.1 Å². The largest absolute Gasteiger partial charge is 0.453 e. The molecule has 0 unspecified atom stereocenters. The topological polar surface area (TPSA) is 33.7 Å². The maximum atomic E-state index is 14.1. The number of benzene rings is 3. The number of hydrogen-bond donors (Lipinski definition) is 1. The van der Waals surface area contributed by atoms with E-state index in [0.29, 0.717) is 43.4 Å². The number of ether oxygens (including phenoxy) is 2. The highest BCUT2D eigenvalue weighted by Crippen LogP contribution is 2.42. The van der Waals surface area contributed by atoms with Gasteiger partial charge in [-0.1, -0.05) is 42.5 Å². The van der Waals surface area contributed by atoms with Crippen LogP contribution in [0.1, 0.15) is 11.6 Å². The van der Waals surface area contributed by atoms with Crippen LogP contribution in [-0.2, 0) is 0 Å². The average Bonchev–Trinajstić information content (AvgIpc) is 2.77. The first-order chi connectivity index (χ1) is 15.0. The first-order valence-electron chi connectivity index (χ1n) is 10.1. The summed E-state index contributed by atoms with van der Waals surface area (Å²) >= 11 is 0. The SMILES string of the molecule is Cl.Cl.FC(F)(F)[C@H](c1ccc(Oc2ccccc2)c(Oc2ccccc2)c1)N1CCNCC1. The Morgan fingerprint density at radius 1 is 0.727 bits per heavy atom. The molecule has 1 aliphatic heterocycles. The van der Waals surface area contributed by atoms with E-state index in [4.69, 9.17) is 9.47 Å². The summed E-state index contributed by atoms with van der Waals surface area (Å²) in [7, 11) is 0. The Bertz CT molecular complexity index is 986. The van der Waals surface area contributed by atoms with Crippen LogP contribution in [0.2, 0.25) is 0 Å². The molecule has 0 aromatic heterocycles. The molecule has 4 rings (SSSR count). The van der Waals surface area contributed by atoms with Gasteiger partial charge < -0.3 is 14.8 Å². The molecule has 3 aromatic carbocycles. The molecule has 4 nitrogen and oxygen atoms in total. The van der Waals surface area contributed by atoms with Gasteiger partial charge in [-0.15, -0.1) is 24.8 Å². The predicted molar refractivity (Wildman–Crippen MR) is 127 cm³/mol. The fraction of sp³-hybridized carbons (Fsp3) is 0.250. The highest BCUT2D eigenvalue weighted by Gasteiger charge is 2.45. The van der Waals surface area contributed by atoms with Crippen LogP contribution >= 0.6 is 24.8 Å². The van der Waals surface area contributed by atoms with Crippen molar-refractivity contribution in [1.82, 2.24) is 10.2 Å². The number of piperazine rings is 1. The van der Waals surface area contributed by atoms with Crippen molar-refractivity contribution in [3.05, 3.63) is 84.4 Å². The molecule has 0 radical (unpaired) electrons. The van der Waals surface area contributed by atoms with Crippen molar-refractivity contribution >= 4 is 24.8 Å². The molecule has 0 bridgehead atoms. The Hall–Kier alpha value is -2.45. The normalized spacial score (nSPS) is 15.0. The second-order valence-electron chi connectivity index (χ2n) is 7.27. The number of rotatable bonds is 6. The lowest BCUT2D eigenvalue weighted by Gasteiger charge is -2.36. The highest BCUT2D eigenvalue weighted by atomic mass is 35.5. The Balaban J connectivity index is 0.00000193. The summed E-state index contributed by atoms with van der Waals surface area (Å²) in [6.07, 6.45) is -4.41. The van der Waals surface area contributed by atoms with Gasteiger partial charge in [0.1, 0.15) is 17.5 Å². The smallest absolute Gasteiger partial charge is 0.408 e. The van der Waals surface area contributed by atoms with E-state index < -0.39 is 12.2 Å². The third-order valence-corrected chi connectivity index (χ3v) is 5.05. The third kappa shape index (κ3) is 7.01. The van der Waals surface area contributed by atoms with Crippen molar-refractivity contribution in [2.75, 3.05) is 26.2 Å². The Morgan fingerprint density at radius 2 is 1.24 bits per heavy atom. The van der Waals surface area contributed by atoms with Crippen molar-refractivity contribution in [3.8, 4) is 23.0 Å². The number of nitrogens with zero attached hydrogens (tertiary/aromatic N) is 1. The molecular weight excluding hydrogens is 476 g/mol. The van der Waals surface area contributed by atoms with Crippen LogP contribution in [0.4, 0.5) is 13.2 Å². The van der Waals surface area contributed by atoms with Gasteiger partial charge in [0.15, 0.2) is 11.5 Å². The fourth-order valence-corrected chi connectivity index (χ4v) is 3.64. The Morgan fingerprint density at radius 3 is 1.76 bits per heavy atom. The molecular formula is C24H25Cl2F3N2O2. The summed E-state index contributed by atoms with van der Waals surface area (Å²) in [5.74, 6) is 1.67. The van der Waals surface area contributed by atoms with E-state index >= 15 is 0 Å². The van der Waals surface area contributed by atoms with Gasteiger partial charge in [-0.05, 0) is 42.0 Å². The molecule has 0 saturated carbocycles. The van der Waals surface area contributed by atoms with E-state index in [1.54, 1.807) is 42.5 Å². The van der Waals surface area contributed by atoms with Crippen molar-refractivity contribution in [2.45, 2.75) is 12.2 Å². The average molecular weight is 501 g/mol. The first kappa shape index (κ1) is 26.8. The lowest BCUT2D eigenvalue weighted by atomic mass is 10.0. The summed E-state index contributed by atoms with van der Waals surface area (Å²) in [6.45, 7) is 1.69. The molecule has 0 spiro atoms. The van der Waals surface area contributed by atoms with Gasteiger partial charge in [-0.25, -0.2) is 0 Å². The minimum Gasteiger partial charge on any atom is -0.453 e. The summed E-state index contributed by atoms with van der Waals surface area (Å²) in [5.41, 5.74) is 0.126. The Kier molecular flexibility index (Phi) is 9.86. The number of hydrogen-bond acceptors (Lipinski definition) is 4. The van der Waals surface area contributed by atoms with Crippen LogP contribution in [0.25, 0.3) is 0 Å². The van der Waals surface area contributed by atoms with E-state index in [9.17, 15) is 13.2 Å². The molecule has 1 fully saturated rings. The molecule has 1 atom stereocenters. The lowest BCUT2D eigenvalue weighted by molar-refractivity contribution is -0.187. The molecule has 0 amide bonds. The molecule has 1 saturated heterocycles. The van der Waals surface area contributed by atoms with Crippen molar-refractivity contribution in [3.63, 3.8) is 0 Å². The highest BCUT2D eigenvalue weighted by molar-refractivity contribution is 5.85. The summed E-state index contributed by atoms with van der Waals surface area (Å²) in [4.78, 5) is 1.45.